The van der Waals surface area contributed by atoms with Crippen molar-refractivity contribution < 1.29 is 9.53 Å². The third kappa shape index (κ3) is 2.48. The molecule has 2 aromatic rings. The monoisotopic (exact) mass is 291 g/mol. The normalized spacial score (nSPS) is 23.2. The minimum atomic E-state index is 0.0425. The second kappa shape index (κ2) is 5.03. The smallest absolute Gasteiger partial charge is 0.254 e. The van der Waals surface area contributed by atoms with E-state index in [-0.39, 0.29) is 18.1 Å². The van der Waals surface area contributed by atoms with E-state index in [0.29, 0.717) is 23.8 Å². The van der Waals surface area contributed by atoms with Gasteiger partial charge in [-0.2, -0.15) is 0 Å². The molecule has 2 N–H and O–H groups in total. The van der Waals surface area contributed by atoms with Crippen molar-refractivity contribution in [2.24, 2.45) is 0 Å². The predicted molar refractivity (Wildman–Crippen MR) is 79.9 cm³/mol. The van der Waals surface area contributed by atoms with Crippen molar-refractivity contribution in [3.05, 3.63) is 23.8 Å². The first-order valence-corrected chi connectivity index (χ1v) is 7.45. The summed E-state index contributed by atoms with van der Waals surface area (Å²) in [7, 11) is 0. The van der Waals surface area contributed by atoms with E-state index in [0.717, 1.165) is 10.2 Å². The topological polar surface area (TPSA) is 68.5 Å². The van der Waals surface area contributed by atoms with Crippen LogP contribution in [0, 0.1) is 0 Å². The zero-order chi connectivity index (χ0) is 14.3. The SMILES string of the molecule is CC1CN(C(=O)c2ccc3nc(N)sc3c2)CC(C)O1. The molecule has 2 heterocycles. The van der Waals surface area contributed by atoms with Gasteiger partial charge in [0.1, 0.15) is 0 Å². The van der Waals surface area contributed by atoms with Crippen molar-refractivity contribution in [3.8, 4) is 0 Å². The molecule has 106 valence electrons. The van der Waals surface area contributed by atoms with E-state index >= 15 is 0 Å². The number of nitrogen functional groups attached to an aromatic ring is 1. The van der Waals surface area contributed by atoms with Crippen molar-refractivity contribution in [2.75, 3.05) is 18.8 Å². The summed E-state index contributed by atoms with van der Waals surface area (Å²) in [6.45, 7) is 5.24. The summed E-state index contributed by atoms with van der Waals surface area (Å²) in [6.07, 6.45) is 0.149. The zero-order valence-electron chi connectivity index (χ0n) is 11.5. The summed E-state index contributed by atoms with van der Waals surface area (Å²) in [4.78, 5) is 18.6. The fourth-order valence-electron chi connectivity index (χ4n) is 2.60. The Hall–Kier alpha value is -1.66. The molecular weight excluding hydrogens is 274 g/mol. The molecule has 6 heteroatoms. The number of nitrogens with two attached hydrogens (primary N) is 1. The van der Waals surface area contributed by atoms with Gasteiger partial charge in [-0.05, 0) is 32.0 Å². The highest BCUT2D eigenvalue weighted by atomic mass is 32.1. The summed E-state index contributed by atoms with van der Waals surface area (Å²) >= 11 is 1.40. The Bertz CT molecular complexity index is 645. The lowest BCUT2D eigenvalue weighted by Gasteiger charge is -2.35. The Balaban J connectivity index is 1.87. The number of ether oxygens (including phenoxy) is 1. The van der Waals surface area contributed by atoms with Gasteiger partial charge in [-0.15, -0.1) is 0 Å². The standard InChI is InChI=1S/C14H17N3O2S/c1-8-6-17(7-9(2)19-8)13(18)10-3-4-11-12(5-10)20-14(15)16-11/h3-5,8-9H,6-7H2,1-2H3,(H2,15,16). The Morgan fingerprint density at radius 2 is 2.10 bits per heavy atom. The van der Waals surface area contributed by atoms with E-state index in [9.17, 15) is 4.79 Å². The van der Waals surface area contributed by atoms with Gasteiger partial charge in [-0.3, -0.25) is 4.79 Å². The van der Waals surface area contributed by atoms with Gasteiger partial charge in [0.25, 0.3) is 5.91 Å². The molecule has 0 bridgehead atoms. The molecule has 0 radical (unpaired) electrons. The predicted octanol–water partition coefficient (Wildman–Crippen LogP) is 2.13. The van der Waals surface area contributed by atoms with Crippen LogP contribution in [0.5, 0.6) is 0 Å². The van der Waals surface area contributed by atoms with Crippen LogP contribution in [0.1, 0.15) is 24.2 Å². The van der Waals surface area contributed by atoms with Crippen LogP contribution in [0.2, 0.25) is 0 Å². The maximum absolute atomic E-state index is 12.6. The number of amides is 1. The quantitative estimate of drug-likeness (QED) is 0.874. The highest BCUT2D eigenvalue weighted by molar-refractivity contribution is 7.22. The number of benzene rings is 1. The van der Waals surface area contributed by atoms with Crippen LogP contribution < -0.4 is 5.73 Å². The summed E-state index contributed by atoms with van der Waals surface area (Å²) in [5, 5.41) is 0.526. The number of nitrogens with zero attached hydrogens (tertiary/aromatic N) is 2. The lowest BCUT2D eigenvalue weighted by Crippen LogP contribution is -2.48. The van der Waals surface area contributed by atoms with Crippen molar-refractivity contribution >= 4 is 32.6 Å². The Labute approximate surface area is 121 Å². The van der Waals surface area contributed by atoms with E-state index in [4.69, 9.17) is 10.5 Å². The minimum Gasteiger partial charge on any atom is -0.375 e. The van der Waals surface area contributed by atoms with Crippen LogP contribution in [0.3, 0.4) is 0 Å². The van der Waals surface area contributed by atoms with Crippen molar-refractivity contribution in [2.45, 2.75) is 26.1 Å². The lowest BCUT2D eigenvalue weighted by atomic mass is 10.1. The Morgan fingerprint density at radius 1 is 1.40 bits per heavy atom. The molecule has 1 amide bonds. The van der Waals surface area contributed by atoms with Gasteiger partial charge in [-0.25, -0.2) is 4.98 Å². The molecule has 3 rings (SSSR count). The number of morpholine rings is 1. The largest absolute Gasteiger partial charge is 0.375 e. The van der Waals surface area contributed by atoms with Gasteiger partial charge >= 0.3 is 0 Å². The van der Waals surface area contributed by atoms with Crippen LogP contribution >= 0.6 is 11.3 Å². The highest BCUT2D eigenvalue weighted by Gasteiger charge is 2.26. The molecule has 0 spiro atoms. The summed E-state index contributed by atoms with van der Waals surface area (Å²) in [5.74, 6) is 0.0425. The number of carbonyl (C=O) groups excluding carboxylic acids is 1. The molecule has 0 aliphatic carbocycles. The van der Waals surface area contributed by atoms with Gasteiger partial charge in [0.2, 0.25) is 0 Å². The first-order valence-electron chi connectivity index (χ1n) is 6.63. The number of aromatic nitrogens is 1. The third-order valence-corrected chi connectivity index (χ3v) is 4.21. The molecule has 20 heavy (non-hydrogen) atoms. The number of thiazole rings is 1. The number of hydrogen-bond acceptors (Lipinski definition) is 5. The molecule has 1 saturated heterocycles. The van der Waals surface area contributed by atoms with Gasteiger partial charge in [0, 0.05) is 18.7 Å². The maximum atomic E-state index is 12.6. The molecule has 1 aromatic heterocycles. The average Bonchev–Trinajstić information content (AvgIpc) is 2.75. The molecule has 1 aliphatic heterocycles. The molecule has 5 nitrogen and oxygen atoms in total. The Morgan fingerprint density at radius 3 is 2.80 bits per heavy atom. The Kier molecular flexibility index (Phi) is 3.35. The van der Waals surface area contributed by atoms with Crippen LogP contribution in [0.25, 0.3) is 10.2 Å². The number of fused-ring (bicyclic) bond motifs is 1. The number of carbonyl (C=O) groups is 1. The van der Waals surface area contributed by atoms with Gasteiger partial charge in [0.05, 0.1) is 22.4 Å². The summed E-state index contributed by atoms with van der Waals surface area (Å²) in [6, 6.07) is 5.54. The maximum Gasteiger partial charge on any atom is 0.254 e. The number of rotatable bonds is 1. The van der Waals surface area contributed by atoms with Crippen LogP contribution in [-0.4, -0.2) is 41.1 Å². The first kappa shape index (κ1) is 13.3. The molecule has 2 unspecified atom stereocenters. The van der Waals surface area contributed by atoms with E-state index in [1.54, 1.807) is 0 Å². The molecule has 0 saturated carbocycles. The van der Waals surface area contributed by atoms with Crippen molar-refractivity contribution in [1.29, 1.82) is 0 Å². The highest BCUT2D eigenvalue weighted by Crippen LogP contribution is 2.25. The van der Waals surface area contributed by atoms with Gasteiger partial charge in [-0.1, -0.05) is 11.3 Å². The fourth-order valence-corrected chi connectivity index (χ4v) is 3.38. The van der Waals surface area contributed by atoms with Crippen molar-refractivity contribution in [1.82, 2.24) is 9.88 Å². The molecular formula is C14H17N3O2S. The molecule has 2 atom stereocenters. The van der Waals surface area contributed by atoms with Crippen LogP contribution in [0.4, 0.5) is 5.13 Å². The molecule has 1 fully saturated rings. The summed E-state index contributed by atoms with van der Waals surface area (Å²) in [5.41, 5.74) is 7.21. The van der Waals surface area contributed by atoms with E-state index in [2.05, 4.69) is 4.98 Å². The second-order valence-corrected chi connectivity index (χ2v) is 6.26. The first-order chi connectivity index (χ1) is 9.52. The van der Waals surface area contributed by atoms with E-state index < -0.39 is 0 Å². The zero-order valence-corrected chi connectivity index (χ0v) is 12.3. The number of hydrogen-bond donors (Lipinski definition) is 1. The average molecular weight is 291 g/mol. The lowest BCUT2D eigenvalue weighted by molar-refractivity contribution is -0.0586. The summed E-state index contributed by atoms with van der Waals surface area (Å²) < 4.78 is 6.60. The molecule has 1 aromatic carbocycles. The second-order valence-electron chi connectivity index (χ2n) is 5.20. The van der Waals surface area contributed by atoms with E-state index in [1.807, 2.05) is 36.9 Å². The third-order valence-electron chi connectivity index (χ3n) is 3.36. The van der Waals surface area contributed by atoms with Gasteiger partial charge in [0.15, 0.2) is 5.13 Å². The number of anilines is 1. The molecule has 1 aliphatic rings. The van der Waals surface area contributed by atoms with Crippen molar-refractivity contribution in [3.63, 3.8) is 0 Å². The van der Waals surface area contributed by atoms with Crippen LogP contribution in [-0.2, 0) is 4.74 Å². The minimum absolute atomic E-state index is 0.0425. The fraction of sp³-hybridized carbons (Fsp3) is 0.429. The van der Waals surface area contributed by atoms with Crippen LogP contribution in [0.15, 0.2) is 18.2 Å². The van der Waals surface area contributed by atoms with Gasteiger partial charge < -0.3 is 15.4 Å². The van der Waals surface area contributed by atoms with E-state index in [1.165, 1.54) is 11.3 Å².